The number of aromatic nitrogens is 2. The second kappa shape index (κ2) is 6.24. The summed E-state index contributed by atoms with van der Waals surface area (Å²) in [6.07, 6.45) is 1.94. The molecule has 2 N–H and O–H groups in total. The highest BCUT2D eigenvalue weighted by Gasteiger charge is 2.18. The molecule has 1 aromatic carbocycles. The zero-order valence-corrected chi connectivity index (χ0v) is 12.7. The van der Waals surface area contributed by atoms with Crippen molar-refractivity contribution in [2.75, 3.05) is 11.7 Å². The van der Waals surface area contributed by atoms with Crippen LogP contribution in [0.3, 0.4) is 0 Å². The van der Waals surface area contributed by atoms with Gasteiger partial charge in [-0.15, -0.1) is 0 Å². The Hall–Kier alpha value is -2.26. The Morgan fingerprint density at radius 2 is 1.91 bits per heavy atom. The van der Waals surface area contributed by atoms with E-state index in [2.05, 4.69) is 20.8 Å². The highest BCUT2D eigenvalue weighted by atomic mass is 35.5. The fraction of sp³-hybridized carbons (Fsp3) is 0.0833. The molecule has 0 saturated heterocycles. The summed E-state index contributed by atoms with van der Waals surface area (Å²) in [6.45, 7) is 0. The van der Waals surface area contributed by atoms with Crippen LogP contribution in [0, 0.1) is 5.82 Å². The van der Waals surface area contributed by atoms with Crippen molar-refractivity contribution in [2.45, 2.75) is 5.16 Å². The lowest BCUT2D eigenvalue weighted by Crippen LogP contribution is -2.30. The van der Waals surface area contributed by atoms with E-state index in [1.165, 1.54) is 24.3 Å². The molecule has 0 spiro atoms. The van der Waals surface area contributed by atoms with Crippen LogP contribution < -0.4 is 10.9 Å². The van der Waals surface area contributed by atoms with Gasteiger partial charge in [0.2, 0.25) is 15.0 Å². The number of rotatable bonds is 4. The molecule has 1 heterocycles. The zero-order valence-electron chi connectivity index (χ0n) is 11.2. The van der Waals surface area contributed by atoms with Gasteiger partial charge in [0.25, 0.3) is 5.91 Å². The lowest BCUT2D eigenvalue weighted by Gasteiger charge is -2.09. The Morgan fingerprint density at radius 1 is 1.27 bits per heavy atom. The zero-order chi connectivity index (χ0) is 16.3. The average molecular weight is 345 g/mol. The summed E-state index contributed by atoms with van der Waals surface area (Å²) in [5, 5.41) is -0.616. The van der Waals surface area contributed by atoms with Gasteiger partial charge in [-0.05, 0) is 24.3 Å². The Morgan fingerprint density at radius 3 is 2.50 bits per heavy atom. The maximum Gasteiger partial charge on any atom is 0.289 e. The van der Waals surface area contributed by atoms with E-state index in [1.54, 1.807) is 0 Å². The number of benzene rings is 1. The van der Waals surface area contributed by atoms with Crippen molar-refractivity contribution in [3.05, 3.63) is 47.0 Å². The Balaban J connectivity index is 2.17. The number of carbonyl (C=O) groups excluding carboxylic acids is 1. The lowest BCUT2D eigenvalue weighted by atomic mass is 10.3. The molecule has 0 fully saturated rings. The quantitative estimate of drug-likeness (QED) is 0.642. The third-order valence-corrected chi connectivity index (χ3v) is 3.57. The van der Waals surface area contributed by atoms with Gasteiger partial charge >= 0.3 is 0 Å². The number of hydrogen-bond acceptors (Lipinski definition) is 6. The van der Waals surface area contributed by atoms with Gasteiger partial charge < -0.3 is 0 Å². The van der Waals surface area contributed by atoms with Crippen LogP contribution in [0.5, 0.6) is 0 Å². The molecule has 0 aliphatic heterocycles. The number of hydrogen-bond donors (Lipinski definition) is 2. The summed E-state index contributed by atoms with van der Waals surface area (Å²) in [4.78, 5) is 19.1. The highest BCUT2D eigenvalue weighted by Crippen LogP contribution is 2.14. The Bertz CT molecular complexity index is 812. The van der Waals surface area contributed by atoms with Crippen molar-refractivity contribution < 1.29 is 17.6 Å². The molecule has 0 unspecified atom stereocenters. The minimum Gasteiger partial charge on any atom is -0.298 e. The largest absolute Gasteiger partial charge is 0.298 e. The number of hydrazine groups is 1. The first-order valence-electron chi connectivity index (χ1n) is 5.82. The van der Waals surface area contributed by atoms with Crippen molar-refractivity contribution in [2.24, 2.45) is 0 Å². The first kappa shape index (κ1) is 16.1. The summed E-state index contributed by atoms with van der Waals surface area (Å²) in [5.74, 6) is -1.19. The van der Waals surface area contributed by atoms with Gasteiger partial charge in [-0.2, -0.15) is 0 Å². The van der Waals surface area contributed by atoms with Crippen LogP contribution in [0.2, 0.25) is 5.02 Å². The van der Waals surface area contributed by atoms with Crippen molar-refractivity contribution in [3.63, 3.8) is 0 Å². The lowest BCUT2D eigenvalue weighted by molar-refractivity contribution is 0.0957. The molecule has 2 aromatic rings. The summed E-state index contributed by atoms with van der Waals surface area (Å²) in [5.41, 5.74) is 4.91. The predicted molar refractivity (Wildman–Crippen MR) is 77.6 cm³/mol. The molecule has 22 heavy (non-hydrogen) atoms. The van der Waals surface area contributed by atoms with E-state index >= 15 is 0 Å². The number of sulfone groups is 1. The predicted octanol–water partition coefficient (Wildman–Crippen LogP) is 1.43. The van der Waals surface area contributed by atoms with Crippen molar-refractivity contribution in [1.29, 1.82) is 0 Å². The van der Waals surface area contributed by atoms with Crippen molar-refractivity contribution >= 4 is 33.0 Å². The molecule has 0 aliphatic carbocycles. The van der Waals surface area contributed by atoms with E-state index < -0.39 is 26.7 Å². The molecular formula is C12H10ClFN4O3S. The van der Waals surface area contributed by atoms with E-state index in [4.69, 9.17) is 11.6 Å². The second-order valence-electron chi connectivity index (χ2n) is 4.21. The molecule has 0 saturated carbocycles. The molecular weight excluding hydrogens is 335 g/mol. The molecule has 10 heteroatoms. The molecule has 0 aliphatic rings. The Kier molecular flexibility index (Phi) is 4.57. The number of halogens is 2. The first-order chi connectivity index (χ1) is 10.3. The fourth-order valence-corrected chi connectivity index (χ4v) is 2.09. The highest BCUT2D eigenvalue weighted by molar-refractivity contribution is 7.90. The van der Waals surface area contributed by atoms with Crippen LogP contribution >= 0.6 is 11.6 Å². The SMILES string of the molecule is CS(=O)(=O)c1ncc(Cl)c(C(=O)NNc2ccc(F)cc2)n1. The van der Waals surface area contributed by atoms with Gasteiger partial charge in [0.05, 0.1) is 16.9 Å². The third kappa shape index (κ3) is 3.89. The molecule has 0 bridgehead atoms. The van der Waals surface area contributed by atoms with Crippen LogP contribution in [-0.2, 0) is 9.84 Å². The summed E-state index contributed by atoms with van der Waals surface area (Å²) in [6, 6.07) is 5.21. The maximum atomic E-state index is 12.8. The Labute approximate surface area is 130 Å². The van der Waals surface area contributed by atoms with Gasteiger partial charge in [-0.1, -0.05) is 11.6 Å². The second-order valence-corrected chi connectivity index (χ2v) is 6.52. The average Bonchev–Trinajstić information content (AvgIpc) is 2.45. The normalized spacial score (nSPS) is 11.0. The molecule has 0 radical (unpaired) electrons. The first-order valence-corrected chi connectivity index (χ1v) is 8.09. The summed E-state index contributed by atoms with van der Waals surface area (Å²) in [7, 11) is -3.67. The summed E-state index contributed by atoms with van der Waals surface area (Å²) >= 11 is 5.79. The van der Waals surface area contributed by atoms with Gasteiger partial charge in [0.1, 0.15) is 5.82 Å². The van der Waals surface area contributed by atoms with E-state index in [-0.39, 0.29) is 10.7 Å². The van der Waals surface area contributed by atoms with Crippen LogP contribution in [0.1, 0.15) is 10.5 Å². The van der Waals surface area contributed by atoms with Crippen molar-refractivity contribution in [1.82, 2.24) is 15.4 Å². The van der Waals surface area contributed by atoms with Gasteiger partial charge in [0, 0.05) is 6.26 Å². The number of nitrogens with one attached hydrogen (secondary N) is 2. The maximum absolute atomic E-state index is 12.8. The van der Waals surface area contributed by atoms with Gasteiger partial charge in [-0.25, -0.2) is 22.8 Å². The topological polar surface area (TPSA) is 101 Å². The summed E-state index contributed by atoms with van der Waals surface area (Å²) < 4.78 is 35.5. The molecule has 1 aromatic heterocycles. The van der Waals surface area contributed by atoms with Crippen LogP contribution in [0.25, 0.3) is 0 Å². The van der Waals surface area contributed by atoms with Crippen LogP contribution in [0.4, 0.5) is 10.1 Å². The van der Waals surface area contributed by atoms with E-state index in [9.17, 15) is 17.6 Å². The smallest absolute Gasteiger partial charge is 0.289 e. The minimum absolute atomic E-state index is 0.106. The van der Waals surface area contributed by atoms with Gasteiger partial charge in [-0.3, -0.25) is 15.6 Å². The number of carbonyl (C=O) groups is 1. The molecule has 2 rings (SSSR count). The molecule has 1 amide bonds. The van der Waals surface area contributed by atoms with Crippen molar-refractivity contribution in [3.8, 4) is 0 Å². The standard InChI is InChI=1S/C12H10ClFN4O3S/c1-22(20,21)12-15-6-9(13)10(16-12)11(19)18-17-8-4-2-7(14)3-5-8/h2-6,17H,1H3,(H,18,19). The number of nitrogens with zero attached hydrogens (tertiary/aromatic N) is 2. The monoisotopic (exact) mass is 344 g/mol. The molecule has 7 nitrogen and oxygen atoms in total. The molecule has 116 valence electrons. The molecule has 0 atom stereocenters. The number of anilines is 1. The van der Waals surface area contributed by atoms with Crippen LogP contribution in [0.15, 0.2) is 35.6 Å². The van der Waals surface area contributed by atoms with Crippen LogP contribution in [-0.4, -0.2) is 30.5 Å². The van der Waals surface area contributed by atoms with E-state index in [0.717, 1.165) is 12.5 Å². The van der Waals surface area contributed by atoms with Gasteiger partial charge in [0.15, 0.2) is 5.69 Å². The van der Waals surface area contributed by atoms with E-state index in [1.807, 2.05) is 0 Å². The fourth-order valence-electron chi connectivity index (χ4n) is 1.41. The van der Waals surface area contributed by atoms with E-state index in [0.29, 0.717) is 5.69 Å². The third-order valence-electron chi connectivity index (χ3n) is 2.43. The number of amides is 1. The minimum atomic E-state index is -3.67.